The van der Waals surface area contributed by atoms with Crippen LogP contribution in [0.1, 0.15) is 39.5 Å². The van der Waals surface area contributed by atoms with Crippen LogP contribution < -0.4 is 5.32 Å². The first kappa shape index (κ1) is 10.5. The molecule has 1 N–H and O–H groups in total. The van der Waals surface area contributed by atoms with Crippen LogP contribution in [0, 0.1) is 5.92 Å². The van der Waals surface area contributed by atoms with Crippen LogP contribution in [0.2, 0.25) is 0 Å². The summed E-state index contributed by atoms with van der Waals surface area (Å²) in [5.74, 6) is 0.478. The molecule has 3 heteroatoms. The summed E-state index contributed by atoms with van der Waals surface area (Å²) >= 11 is 0. The first-order chi connectivity index (χ1) is 7.18. The number of nitrogens with one attached hydrogen (secondary N) is 1. The van der Waals surface area contributed by atoms with E-state index in [1.807, 2.05) is 13.8 Å². The zero-order valence-corrected chi connectivity index (χ0v) is 9.45. The molecule has 1 aliphatic carbocycles. The molecule has 1 saturated carbocycles. The summed E-state index contributed by atoms with van der Waals surface area (Å²) in [6, 6.07) is 0. The van der Waals surface area contributed by atoms with Crippen molar-refractivity contribution in [2.45, 2.75) is 51.2 Å². The number of hydrogen-bond acceptors (Lipinski definition) is 2. The van der Waals surface area contributed by atoms with Crippen LogP contribution in [0.25, 0.3) is 0 Å². The van der Waals surface area contributed by atoms with Gasteiger partial charge in [0.1, 0.15) is 6.10 Å². The molecule has 3 atom stereocenters. The van der Waals surface area contributed by atoms with Crippen LogP contribution in [0.5, 0.6) is 0 Å². The van der Waals surface area contributed by atoms with Crippen molar-refractivity contribution in [2.75, 3.05) is 0 Å². The number of fused-ring (bicyclic) bond motifs is 1. The van der Waals surface area contributed by atoms with Gasteiger partial charge in [-0.3, -0.25) is 0 Å². The first-order valence-corrected chi connectivity index (χ1v) is 5.78. The Morgan fingerprint density at radius 1 is 1.67 bits per heavy atom. The summed E-state index contributed by atoms with van der Waals surface area (Å²) in [5, 5.41) is 3.04. The van der Waals surface area contributed by atoms with E-state index < -0.39 is 0 Å². The summed E-state index contributed by atoms with van der Waals surface area (Å²) in [7, 11) is 0. The van der Waals surface area contributed by atoms with Gasteiger partial charge in [0.05, 0.1) is 5.54 Å². The van der Waals surface area contributed by atoms with Crippen molar-refractivity contribution in [3.63, 3.8) is 0 Å². The van der Waals surface area contributed by atoms with E-state index in [1.54, 1.807) is 0 Å². The molecule has 3 nitrogen and oxygen atoms in total. The third kappa shape index (κ3) is 1.75. The number of carbonyl (C=O) groups excluding carboxylic acids is 1. The Morgan fingerprint density at radius 3 is 3.20 bits per heavy atom. The van der Waals surface area contributed by atoms with Crippen molar-refractivity contribution in [1.82, 2.24) is 5.32 Å². The highest BCUT2D eigenvalue weighted by atomic mass is 16.6. The number of ether oxygens (including phenoxy) is 1. The normalized spacial score (nSPS) is 40.0. The molecular formula is C12H19NO2. The Labute approximate surface area is 90.9 Å². The predicted octanol–water partition coefficient (Wildman–Crippen LogP) is 2.62. The third-order valence-electron chi connectivity index (χ3n) is 3.78. The summed E-state index contributed by atoms with van der Waals surface area (Å²) in [6.45, 7) is 4.03. The van der Waals surface area contributed by atoms with Gasteiger partial charge in [-0.15, -0.1) is 0 Å². The second kappa shape index (κ2) is 3.87. The van der Waals surface area contributed by atoms with E-state index in [9.17, 15) is 4.79 Å². The maximum Gasteiger partial charge on any atom is 0.407 e. The molecule has 2 rings (SSSR count). The Balaban J connectivity index is 2.20. The number of allylic oxidation sites excluding steroid dienone is 1. The minimum atomic E-state index is -0.245. The zero-order chi connectivity index (χ0) is 10.9. The molecule has 0 aromatic rings. The molecule has 2 fully saturated rings. The standard InChI is InChI=1S/C12H19NO2/c1-3-4-7-12-8-5-6-10(12)9(2)15-11(14)13-12/h3-4,9-10H,5-8H2,1-2H3,(H,13,14)/b4-3+/t9-,10-,12-/m1/s1. The summed E-state index contributed by atoms with van der Waals surface area (Å²) in [4.78, 5) is 11.4. The van der Waals surface area contributed by atoms with Crippen LogP contribution in [-0.2, 0) is 4.74 Å². The van der Waals surface area contributed by atoms with Gasteiger partial charge < -0.3 is 10.1 Å². The molecule has 1 saturated heterocycles. The molecule has 84 valence electrons. The fourth-order valence-corrected chi connectivity index (χ4v) is 3.05. The molecule has 15 heavy (non-hydrogen) atoms. The fraction of sp³-hybridized carbons (Fsp3) is 0.750. The number of rotatable bonds is 2. The van der Waals surface area contributed by atoms with Crippen molar-refractivity contribution in [3.05, 3.63) is 12.2 Å². The Kier molecular flexibility index (Phi) is 2.72. The summed E-state index contributed by atoms with van der Waals surface area (Å²) < 4.78 is 5.23. The molecule has 0 bridgehead atoms. The van der Waals surface area contributed by atoms with E-state index in [2.05, 4.69) is 17.5 Å². The molecule has 0 spiro atoms. The number of carbonyl (C=O) groups is 1. The van der Waals surface area contributed by atoms with Gasteiger partial charge in [-0.25, -0.2) is 4.79 Å². The molecule has 1 aliphatic heterocycles. The molecule has 0 aromatic heterocycles. The molecule has 1 heterocycles. The smallest absolute Gasteiger partial charge is 0.407 e. The lowest BCUT2D eigenvalue weighted by Crippen LogP contribution is -2.59. The SMILES string of the molecule is C/C=C/C[C@@]12CCC[C@@H]1[C@@H](C)OC(=O)N2. The maximum absolute atomic E-state index is 11.4. The summed E-state index contributed by atoms with van der Waals surface area (Å²) in [6.07, 6.45) is 8.40. The van der Waals surface area contributed by atoms with Gasteiger partial charge in [-0.1, -0.05) is 18.6 Å². The highest BCUT2D eigenvalue weighted by Gasteiger charge is 2.50. The number of alkyl carbamates (subject to hydrolysis) is 1. The largest absolute Gasteiger partial charge is 0.446 e. The van der Waals surface area contributed by atoms with Crippen molar-refractivity contribution >= 4 is 6.09 Å². The van der Waals surface area contributed by atoms with Gasteiger partial charge in [-0.05, 0) is 33.1 Å². The van der Waals surface area contributed by atoms with Crippen molar-refractivity contribution < 1.29 is 9.53 Å². The van der Waals surface area contributed by atoms with Crippen LogP contribution in [0.15, 0.2) is 12.2 Å². The van der Waals surface area contributed by atoms with Gasteiger partial charge in [0.2, 0.25) is 0 Å². The lowest BCUT2D eigenvalue weighted by atomic mass is 9.80. The van der Waals surface area contributed by atoms with Crippen molar-refractivity contribution in [1.29, 1.82) is 0 Å². The van der Waals surface area contributed by atoms with Gasteiger partial charge in [0.15, 0.2) is 0 Å². The molecule has 2 aliphatic rings. The first-order valence-electron chi connectivity index (χ1n) is 5.78. The van der Waals surface area contributed by atoms with Crippen LogP contribution >= 0.6 is 0 Å². The summed E-state index contributed by atoms with van der Waals surface area (Å²) in [5.41, 5.74) is -0.0265. The minimum Gasteiger partial charge on any atom is -0.446 e. The second-order valence-electron chi connectivity index (χ2n) is 4.66. The van der Waals surface area contributed by atoms with Crippen molar-refractivity contribution in [3.8, 4) is 0 Å². The van der Waals surface area contributed by atoms with E-state index in [1.165, 1.54) is 12.8 Å². The molecule has 0 unspecified atom stereocenters. The van der Waals surface area contributed by atoms with Crippen LogP contribution in [0.3, 0.4) is 0 Å². The molecule has 0 aromatic carbocycles. The maximum atomic E-state index is 11.4. The van der Waals surface area contributed by atoms with Crippen molar-refractivity contribution in [2.24, 2.45) is 5.92 Å². The Hall–Kier alpha value is -0.990. The van der Waals surface area contributed by atoms with Crippen LogP contribution in [-0.4, -0.2) is 17.7 Å². The van der Waals surface area contributed by atoms with E-state index >= 15 is 0 Å². The minimum absolute atomic E-state index is 0.0265. The quantitative estimate of drug-likeness (QED) is 0.710. The Bertz CT molecular complexity index is 287. The zero-order valence-electron chi connectivity index (χ0n) is 9.45. The van der Waals surface area contributed by atoms with E-state index in [0.29, 0.717) is 5.92 Å². The molecular weight excluding hydrogens is 190 g/mol. The number of cyclic esters (lactones) is 1. The average molecular weight is 209 g/mol. The van der Waals surface area contributed by atoms with Gasteiger partial charge >= 0.3 is 6.09 Å². The second-order valence-corrected chi connectivity index (χ2v) is 4.66. The van der Waals surface area contributed by atoms with Gasteiger partial charge in [0, 0.05) is 5.92 Å². The lowest BCUT2D eigenvalue weighted by molar-refractivity contribution is 0.00348. The third-order valence-corrected chi connectivity index (χ3v) is 3.78. The fourth-order valence-electron chi connectivity index (χ4n) is 3.05. The number of amides is 1. The van der Waals surface area contributed by atoms with Gasteiger partial charge in [0.25, 0.3) is 0 Å². The monoisotopic (exact) mass is 209 g/mol. The van der Waals surface area contributed by atoms with Gasteiger partial charge in [-0.2, -0.15) is 0 Å². The van der Waals surface area contributed by atoms with E-state index in [0.717, 1.165) is 12.8 Å². The lowest BCUT2D eigenvalue weighted by Gasteiger charge is -2.42. The average Bonchev–Trinajstić information content (AvgIpc) is 2.59. The highest BCUT2D eigenvalue weighted by Crippen LogP contribution is 2.43. The van der Waals surface area contributed by atoms with E-state index in [4.69, 9.17) is 4.74 Å². The number of hydrogen-bond donors (Lipinski definition) is 1. The highest BCUT2D eigenvalue weighted by molar-refractivity contribution is 5.70. The van der Waals surface area contributed by atoms with E-state index in [-0.39, 0.29) is 17.7 Å². The predicted molar refractivity (Wildman–Crippen MR) is 58.6 cm³/mol. The van der Waals surface area contributed by atoms with Crippen LogP contribution in [0.4, 0.5) is 4.79 Å². The Morgan fingerprint density at radius 2 is 2.47 bits per heavy atom. The topological polar surface area (TPSA) is 38.3 Å². The molecule has 0 radical (unpaired) electrons. The molecule has 1 amide bonds.